The Kier molecular flexibility index (Phi) is 4.89. The first-order chi connectivity index (χ1) is 14.0. The molecular formula is C24H33N3O2. The number of anilines is 1. The van der Waals surface area contributed by atoms with Gasteiger partial charge in [-0.15, -0.1) is 0 Å². The molecule has 4 bridgehead atoms. The van der Waals surface area contributed by atoms with Gasteiger partial charge in [-0.25, -0.2) is 0 Å². The van der Waals surface area contributed by atoms with Gasteiger partial charge in [-0.2, -0.15) is 0 Å². The van der Waals surface area contributed by atoms with Gasteiger partial charge in [0.15, 0.2) is 0 Å². The van der Waals surface area contributed by atoms with E-state index in [2.05, 4.69) is 17.3 Å². The molecule has 5 heteroatoms. The molecule has 1 aliphatic heterocycles. The average molecular weight is 396 g/mol. The second kappa shape index (κ2) is 7.42. The van der Waals surface area contributed by atoms with Crippen LogP contribution in [0, 0.1) is 23.2 Å². The van der Waals surface area contributed by atoms with Crippen molar-refractivity contribution in [3.63, 3.8) is 0 Å². The zero-order valence-electron chi connectivity index (χ0n) is 17.5. The summed E-state index contributed by atoms with van der Waals surface area (Å²) in [5.41, 5.74) is 1.76. The lowest BCUT2D eigenvalue weighted by Crippen LogP contribution is -2.47. The lowest BCUT2D eigenvalue weighted by Gasteiger charge is -2.56. The Balaban J connectivity index is 1.18. The van der Waals surface area contributed by atoms with Crippen molar-refractivity contribution in [2.24, 2.45) is 23.2 Å². The fourth-order valence-electron chi connectivity index (χ4n) is 6.94. The molecule has 0 spiro atoms. The number of hydrogen-bond acceptors (Lipinski definition) is 3. The molecule has 29 heavy (non-hydrogen) atoms. The van der Waals surface area contributed by atoms with Crippen molar-refractivity contribution in [3.8, 4) is 0 Å². The Bertz CT molecular complexity index is 745. The summed E-state index contributed by atoms with van der Waals surface area (Å²) in [6, 6.07) is 7.45. The first-order valence-electron chi connectivity index (χ1n) is 11.4. The van der Waals surface area contributed by atoms with Gasteiger partial charge in [0.25, 0.3) is 5.91 Å². The number of benzene rings is 1. The summed E-state index contributed by atoms with van der Waals surface area (Å²) >= 11 is 0. The third-order valence-corrected chi connectivity index (χ3v) is 7.91. The third-order valence-electron chi connectivity index (χ3n) is 7.91. The Morgan fingerprint density at radius 2 is 1.48 bits per heavy atom. The van der Waals surface area contributed by atoms with Crippen molar-refractivity contribution < 1.29 is 9.59 Å². The first kappa shape index (κ1) is 19.1. The van der Waals surface area contributed by atoms with Crippen LogP contribution in [0.15, 0.2) is 24.3 Å². The van der Waals surface area contributed by atoms with Gasteiger partial charge in [-0.3, -0.25) is 9.59 Å². The predicted molar refractivity (Wildman–Crippen MR) is 114 cm³/mol. The molecule has 2 amide bonds. The summed E-state index contributed by atoms with van der Waals surface area (Å²) in [5.74, 6) is 2.84. The van der Waals surface area contributed by atoms with Crippen LogP contribution in [-0.2, 0) is 4.79 Å². The van der Waals surface area contributed by atoms with E-state index < -0.39 is 0 Å². The molecule has 0 aromatic heterocycles. The number of rotatable bonds is 4. The van der Waals surface area contributed by atoms with Crippen LogP contribution in [0.5, 0.6) is 0 Å². The maximum atomic E-state index is 12.8. The summed E-state index contributed by atoms with van der Waals surface area (Å²) in [4.78, 5) is 29.6. The predicted octanol–water partition coefficient (Wildman–Crippen LogP) is 3.62. The van der Waals surface area contributed by atoms with Gasteiger partial charge < -0.3 is 15.1 Å². The molecule has 1 aromatic rings. The van der Waals surface area contributed by atoms with Crippen LogP contribution in [0.3, 0.4) is 0 Å². The molecule has 5 nitrogen and oxygen atoms in total. The summed E-state index contributed by atoms with van der Waals surface area (Å²) in [6.07, 6.45) is 8.65. The van der Waals surface area contributed by atoms with Crippen LogP contribution in [0.1, 0.15) is 55.3 Å². The zero-order valence-corrected chi connectivity index (χ0v) is 17.5. The van der Waals surface area contributed by atoms with Gasteiger partial charge in [0.2, 0.25) is 5.91 Å². The van der Waals surface area contributed by atoms with E-state index in [9.17, 15) is 9.59 Å². The van der Waals surface area contributed by atoms with Crippen LogP contribution in [0.4, 0.5) is 5.69 Å². The van der Waals surface area contributed by atoms with E-state index in [1.54, 1.807) is 0 Å². The second-order valence-electron chi connectivity index (χ2n) is 10.3. The molecule has 156 valence electrons. The van der Waals surface area contributed by atoms with Crippen molar-refractivity contribution in [1.82, 2.24) is 9.80 Å². The molecular weight excluding hydrogens is 362 g/mol. The van der Waals surface area contributed by atoms with Gasteiger partial charge in [0.05, 0.1) is 0 Å². The second-order valence-corrected chi connectivity index (χ2v) is 10.3. The fourth-order valence-corrected chi connectivity index (χ4v) is 6.94. The van der Waals surface area contributed by atoms with Crippen LogP contribution in [0.2, 0.25) is 0 Å². The molecule has 1 heterocycles. The molecule has 6 rings (SSSR count). The Hall–Kier alpha value is -1.88. The quantitative estimate of drug-likeness (QED) is 0.847. The van der Waals surface area contributed by atoms with Crippen LogP contribution >= 0.6 is 0 Å². The monoisotopic (exact) mass is 395 g/mol. The molecule has 1 aromatic carbocycles. The number of hydrogen-bond donors (Lipinski definition) is 1. The van der Waals surface area contributed by atoms with Gasteiger partial charge in [-0.05, 0) is 93.0 Å². The normalized spacial score (nSPS) is 33.7. The van der Waals surface area contributed by atoms with Crippen LogP contribution in [0.25, 0.3) is 0 Å². The molecule has 0 atom stereocenters. The standard InChI is InChI=1S/C24H33N3O2/c1-26-6-8-27(9-7-26)23(29)20-2-4-21(5-3-20)25-22(28)16-24-13-17-10-18(14-24)12-19(11-17)15-24/h2-5,17-19H,6-16H2,1H3,(H,25,28). The molecule has 5 aliphatic rings. The van der Waals surface area contributed by atoms with Gasteiger partial charge >= 0.3 is 0 Å². The minimum Gasteiger partial charge on any atom is -0.336 e. The van der Waals surface area contributed by atoms with E-state index in [1.807, 2.05) is 29.2 Å². The number of nitrogens with one attached hydrogen (secondary N) is 1. The highest BCUT2D eigenvalue weighted by atomic mass is 16.2. The van der Waals surface area contributed by atoms with Crippen molar-refractivity contribution in [2.45, 2.75) is 44.9 Å². The zero-order chi connectivity index (χ0) is 20.0. The SMILES string of the molecule is CN1CCN(C(=O)c2ccc(NC(=O)CC34CC5CC(CC(C5)C3)C4)cc2)CC1. The van der Waals surface area contributed by atoms with Crippen molar-refractivity contribution in [3.05, 3.63) is 29.8 Å². The van der Waals surface area contributed by atoms with Crippen molar-refractivity contribution in [2.75, 3.05) is 38.5 Å². The number of likely N-dealkylation sites (N-methyl/N-ethyl adjacent to an activating group) is 1. The Labute approximate surface area is 173 Å². The topological polar surface area (TPSA) is 52.6 Å². The number of nitrogens with zero attached hydrogens (tertiary/aromatic N) is 2. The molecule has 0 radical (unpaired) electrons. The molecule has 1 saturated heterocycles. The number of amides is 2. The highest BCUT2D eigenvalue weighted by Gasteiger charge is 2.51. The summed E-state index contributed by atoms with van der Waals surface area (Å²) < 4.78 is 0. The maximum absolute atomic E-state index is 12.8. The maximum Gasteiger partial charge on any atom is 0.253 e. The molecule has 5 fully saturated rings. The molecule has 0 unspecified atom stereocenters. The average Bonchev–Trinajstić information content (AvgIpc) is 2.67. The first-order valence-corrected chi connectivity index (χ1v) is 11.4. The highest BCUT2D eigenvalue weighted by Crippen LogP contribution is 2.61. The van der Waals surface area contributed by atoms with E-state index in [-0.39, 0.29) is 17.2 Å². The summed E-state index contributed by atoms with van der Waals surface area (Å²) in [6.45, 7) is 3.40. The van der Waals surface area contributed by atoms with Crippen molar-refractivity contribution >= 4 is 17.5 Å². The van der Waals surface area contributed by atoms with Crippen LogP contribution in [-0.4, -0.2) is 54.8 Å². The number of piperazine rings is 1. The highest BCUT2D eigenvalue weighted by molar-refractivity contribution is 5.96. The van der Waals surface area contributed by atoms with E-state index in [1.165, 1.54) is 38.5 Å². The van der Waals surface area contributed by atoms with Gasteiger partial charge in [0.1, 0.15) is 0 Å². The molecule has 1 N–H and O–H groups in total. The summed E-state index contributed by atoms with van der Waals surface area (Å²) in [7, 11) is 2.09. The number of carbonyl (C=O) groups excluding carboxylic acids is 2. The van der Waals surface area contributed by atoms with Crippen LogP contribution < -0.4 is 5.32 Å². The number of carbonyl (C=O) groups is 2. The van der Waals surface area contributed by atoms with E-state index in [4.69, 9.17) is 0 Å². The fraction of sp³-hybridized carbons (Fsp3) is 0.667. The largest absolute Gasteiger partial charge is 0.336 e. The van der Waals surface area contributed by atoms with Gasteiger partial charge in [0, 0.05) is 43.9 Å². The lowest BCUT2D eigenvalue weighted by atomic mass is 9.49. The summed E-state index contributed by atoms with van der Waals surface area (Å²) in [5, 5.41) is 3.10. The third kappa shape index (κ3) is 3.94. The molecule has 4 aliphatic carbocycles. The minimum atomic E-state index is 0.0875. The van der Waals surface area contributed by atoms with Crippen molar-refractivity contribution in [1.29, 1.82) is 0 Å². The smallest absolute Gasteiger partial charge is 0.253 e. The van der Waals surface area contributed by atoms with E-state index >= 15 is 0 Å². The molecule has 4 saturated carbocycles. The van der Waals surface area contributed by atoms with E-state index in [0.717, 1.165) is 49.6 Å². The Morgan fingerprint density at radius 3 is 2.03 bits per heavy atom. The van der Waals surface area contributed by atoms with E-state index in [0.29, 0.717) is 12.0 Å². The minimum absolute atomic E-state index is 0.0875. The Morgan fingerprint density at radius 1 is 0.931 bits per heavy atom. The lowest BCUT2D eigenvalue weighted by molar-refractivity contribution is -0.124. The van der Waals surface area contributed by atoms with Gasteiger partial charge in [-0.1, -0.05) is 0 Å².